The number of aromatic amines is 1. The van der Waals surface area contributed by atoms with Crippen molar-refractivity contribution in [2.45, 2.75) is 20.3 Å². The van der Waals surface area contributed by atoms with Gasteiger partial charge in [-0.2, -0.15) is 0 Å². The van der Waals surface area contributed by atoms with E-state index >= 15 is 0 Å². The van der Waals surface area contributed by atoms with E-state index in [2.05, 4.69) is 20.3 Å². The zero-order chi connectivity index (χ0) is 20.5. The quantitative estimate of drug-likeness (QED) is 0.682. The summed E-state index contributed by atoms with van der Waals surface area (Å²) >= 11 is 6.18. The zero-order valence-corrected chi connectivity index (χ0v) is 17.0. The number of amides is 1. The molecule has 1 amide bonds. The van der Waals surface area contributed by atoms with Gasteiger partial charge in [-0.1, -0.05) is 11.6 Å². The van der Waals surface area contributed by atoms with Gasteiger partial charge in [-0.05, 0) is 32.0 Å². The largest absolute Gasteiger partial charge is 0.378 e. The van der Waals surface area contributed by atoms with E-state index in [-0.39, 0.29) is 17.9 Å². The summed E-state index contributed by atoms with van der Waals surface area (Å²) in [6.45, 7) is 6.50. The van der Waals surface area contributed by atoms with Crippen LogP contribution in [-0.2, 0) is 16.0 Å². The van der Waals surface area contributed by atoms with Crippen molar-refractivity contribution in [2.75, 3.05) is 36.5 Å². The van der Waals surface area contributed by atoms with E-state index in [4.69, 9.17) is 16.3 Å². The first-order valence-corrected chi connectivity index (χ1v) is 9.80. The number of rotatable bonds is 4. The lowest BCUT2D eigenvalue weighted by atomic mass is 10.1. The van der Waals surface area contributed by atoms with E-state index in [1.807, 2.05) is 26.0 Å². The van der Waals surface area contributed by atoms with Gasteiger partial charge in [-0.15, -0.1) is 0 Å². The SMILES string of the molecule is Cc1nc2cc(=O)[nH]n2c(C)c1CC(=O)Nc1cc(Cl)ccc1N1CCOCC1. The lowest BCUT2D eigenvalue weighted by Gasteiger charge is -2.30. The molecule has 0 aliphatic carbocycles. The first-order valence-electron chi connectivity index (χ1n) is 9.42. The molecule has 3 aromatic rings. The number of anilines is 2. The fourth-order valence-corrected chi connectivity index (χ4v) is 3.83. The number of morpholine rings is 1. The maximum atomic E-state index is 12.9. The van der Waals surface area contributed by atoms with Gasteiger partial charge in [-0.3, -0.25) is 14.7 Å². The third kappa shape index (κ3) is 3.99. The Bertz CT molecular complexity index is 1130. The van der Waals surface area contributed by atoms with Crippen LogP contribution in [0.3, 0.4) is 0 Å². The molecule has 0 spiro atoms. The van der Waals surface area contributed by atoms with Crippen LogP contribution in [-0.4, -0.2) is 46.8 Å². The van der Waals surface area contributed by atoms with E-state index in [1.54, 1.807) is 10.6 Å². The van der Waals surface area contributed by atoms with Crippen LogP contribution in [0, 0.1) is 13.8 Å². The number of hydrogen-bond acceptors (Lipinski definition) is 5. The predicted octanol–water partition coefficient (Wildman–Crippen LogP) is 2.31. The van der Waals surface area contributed by atoms with Crippen LogP contribution in [0.15, 0.2) is 29.1 Å². The molecule has 0 radical (unpaired) electrons. The fraction of sp³-hybridized carbons (Fsp3) is 0.350. The average molecular weight is 416 g/mol. The summed E-state index contributed by atoms with van der Waals surface area (Å²) in [7, 11) is 0. The number of aromatic nitrogens is 3. The number of nitrogens with zero attached hydrogens (tertiary/aromatic N) is 3. The summed E-state index contributed by atoms with van der Waals surface area (Å²) in [5, 5.41) is 6.25. The lowest BCUT2D eigenvalue weighted by molar-refractivity contribution is -0.115. The van der Waals surface area contributed by atoms with Crippen molar-refractivity contribution in [1.82, 2.24) is 14.6 Å². The van der Waals surface area contributed by atoms with Crippen LogP contribution in [0.4, 0.5) is 11.4 Å². The van der Waals surface area contributed by atoms with E-state index < -0.39 is 0 Å². The molecule has 0 unspecified atom stereocenters. The highest BCUT2D eigenvalue weighted by atomic mass is 35.5. The van der Waals surface area contributed by atoms with E-state index in [1.165, 1.54) is 6.07 Å². The van der Waals surface area contributed by atoms with Gasteiger partial charge < -0.3 is 15.0 Å². The summed E-state index contributed by atoms with van der Waals surface area (Å²) in [4.78, 5) is 31.1. The Balaban J connectivity index is 1.60. The number of aryl methyl sites for hydroxylation is 2. The molecule has 3 heterocycles. The summed E-state index contributed by atoms with van der Waals surface area (Å²) < 4.78 is 7.03. The Morgan fingerprint density at radius 3 is 2.79 bits per heavy atom. The third-order valence-electron chi connectivity index (χ3n) is 5.12. The van der Waals surface area contributed by atoms with Crippen molar-refractivity contribution in [3.63, 3.8) is 0 Å². The number of carbonyl (C=O) groups is 1. The standard InChI is InChI=1S/C20H22ClN5O3/c1-12-15(13(2)26-18(22-12)11-20(28)24-26)10-19(27)23-16-9-14(21)3-4-17(16)25-5-7-29-8-6-25/h3-4,9,11H,5-8,10H2,1-2H3,(H,23,27)(H,24,28). The van der Waals surface area contributed by atoms with E-state index in [0.29, 0.717) is 29.6 Å². The number of fused-ring (bicyclic) bond motifs is 1. The van der Waals surface area contributed by atoms with Gasteiger partial charge in [0.05, 0.1) is 31.0 Å². The smallest absolute Gasteiger partial charge is 0.266 e. The zero-order valence-electron chi connectivity index (χ0n) is 16.3. The molecule has 152 valence electrons. The van der Waals surface area contributed by atoms with Crippen LogP contribution < -0.4 is 15.8 Å². The molecule has 1 fully saturated rings. The monoisotopic (exact) mass is 415 g/mol. The molecule has 1 aromatic carbocycles. The van der Waals surface area contributed by atoms with Crippen molar-refractivity contribution < 1.29 is 9.53 Å². The molecule has 2 N–H and O–H groups in total. The van der Waals surface area contributed by atoms with Crippen molar-refractivity contribution in [1.29, 1.82) is 0 Å². The molecule has 1 aliphatic rings. The molecule has 8 nitrogen and oxygen atoms in total. The average Bonchev–Trinajstić information content (AvgIpc) is 3.06. The number of halogens is 1. The van der Waals surface area contributed by atoms with Crippen LogP contribution in [0.1, 0.15) is 17.0 Å². The van der Waals surface area contributed by atoms with Crippen LogP contribution in [0.2, 0.25) is 5.02 Å². The normalized spacial score (nSPS) is 14.4. The molecule has 29 heavy (non-hydrogen) atoms. The second-order valence-corrected chi connectivity index (χ2v) is 7.50. The Hall–Kier alpha value is -2.84. The van der Waals surface area contributed by atoms with Gasteiger partial charge in [-0.25, -0.2) is 9.50 Å². The summed E-state index contributed by atoms with van der Waals surface area (Å²) in [6.07, 6.45) is 0.135. The van der Waals surface area contributed by atoms with Gasteiger partial charge in [0.25, 0.3) is 5.56 Å². The van der Waals surface area contributed by atoms with Crippen LogP contribution in [0.25, 0.3) is 5.65 Å². The number of carbonyl (C=O) groups excluding carboxylic acids is 1. The maximum absolute atomic E-state index is 12.9. The summed E-state index contributed by atoms with van der Waals surface area (Å²) in [6, 6.07) is 6.92. The second kappa shape index (κ2) is 7.88. The van der Waals surface area contributed by atoms with Crippen LogP contribution in [0.5, 0.6) is 0 Å². The van der Waals surface area contributed by atoms with Gasteiger partial charge in [0.1, 0.15) is 0 Å². The third-order valence-corrected chi connectivity index (χ3v) is 5.36. The van der Waals surface area contributed by atoms with Crippen molar-refractivity contribution in [2.24, 2.45) is 0 Å². The molecule has 1 saturated heterocycles. The highest BCUT2D eigenvalue weighted by Gasteiger charge is 2.18. The Morgan fingerprint density at radius 2 is 2.03 bits per heavy atom. The molecule has 0 saturated carbocycles. The predicted molar refractivity (Wildman–Crippen MR) is 112 cm³/mol. The van der Waals surface area contributed by atoms with Gasteiger partial charge >= 0.3 is 0 Å². The molecular weight excluding hydrogens is 394 g/mol. The molecule has 0 bridgehead atoms. The molecule has 4 rings (SSSR count). The molecule has 1 aliphatic heterocycles. The topological polar surface area (TPSA) is 91.7 Å². The molecular formula is C20H22ClN5O3. The molecule has 0 atom stereocenters. The van der Waals surface area contributed by atoms with Crippen molar-refractivity contribution in [3.8, 4) is 0 Å². The Labute approximate surface area is 172 Å². The van der Waals surface area contributed by atoms with Crippen LogP contribution >= 0.6 is 11.6 Å². The minimum Gasteiger partial charge on any atom is -0.378 e. The first kappa shape index (κ1) is 19.5. The van der Waals surface area contributed by atoms with Gasteiger partial charge in [0.2, 0.25) is 5.91 Å². The highest BCUT2D eigenvalue weighted by Crippen LogP contribution is 2.30. The molecule has 9 heteroatoms. The lowest BCUT2D eigenvalue weighted by Crippen LogP contribution is -2.36. The second-order valence-electron chi connectivity index (χ2n) is 7.06. The number of benzene rings is 1. The summed E-state index contributed by atoms with van der Waals surface area (Å²) in [5.41, 5.74) is 4.18. The summed E-state index contributed by atoms with van der Waals surface area (Å²) in [5.74, 6) is -0.177. The number of nitrogens with one attached hydrogen (secondary N) is 2. The van der Waals surface area contributed by atoms with E-state index in [9.17, 15) is 9.59 Å². The Morgan fingerprint density at radius 1 is 1.28 bits per heavy atom. The number of ether oxygens (including phenoxy) is 1. The van der Waals surface area contributed by atoms with Gasteiger partial charge in [0.15, 0.2) is 5.65 Å². The number of hydrogen-bond donors (Lipinski definition) is 2. The molecule has 2 aromatic heterocycles. The van der Waals surface area contributed by atoms with Gasteiger partial charge in [0, 0.05) is 41.1 Å². The minimum absolute atomic E-state index is 0.135. The maximum Gasteiger partial charge on any atom is 0.266 e. The van der Waals surface area contributed by atoms with E-state index in [0.717, 1.165) is 35.7 Å². The fourth-order valence-electron chi connectivity index (χ4n) is 3.65. The highest BCUT2D eigenvalue weighted by molar-refractivity contribution is 6.31. The minimum atomic E-state index is -0.226. The van der Waals surface area contributed by atoms with Crippen molar-refractivity contribution in [3.05, 3.63) is 56.6 Å². The first-order chi connectivity index (χ1) is 13.9. The van der Waals surface area contributed by atoms with Crippen molar-refractivity contribution >= 4 is 34.5 Å². The Kier molecular flexibility index (Phi) is 5.29. The number of H-pyrrole nitrogens is 1.